The van der Waals surface area contributed by atoms with Gasteiger partial charge in [0.2, 0.25) is 0 Å². The molecule has 1 aromatic carbocycles. The molecule has 1 aliphatic heterocycles. The maximum atomic E-state index is 12.3. The Morgan fingerprint density at radius 1 is 1.17 bits per heavy atom. The Hall–Kier alpha value is -2.80. The van der Waals surface area contributed by atoms with Gasteiger partial charge in [-0.1, -0.05) is 30.8 Å². The van der Waals surface area contributed by atoms with Crippen LogP contribution in [-0.4, -0.2) is 29.0 Å². The van der Waals surface area contributed by atoms with Crippen LogP contribution in [0, 0.1) is 0 Å². The average Bonchev–Trinajstić information content (AvgIpc) is 3.50. The van der Waals surface area contributed by atoms with E-state index in [4.69, 9.17) is 9.40 Å². The largest absolute Gasteiger partial charge is 0.467 e. The number of amides is 1. The molecule has 1 N–H and O–H groups in total. The molecule has 30 heavy (non-hydrogen) atoms. The van der Waals surface area contributed by atoms with Gasteiger partial charge in [-0.15, -0.1) is 0 Å². The van der Waals surface area contributed by atoms with E-state index in [0.717, 1.165) is 53.3 Å². The van der Waals surface area contributed by atoms with Crippen LogP contribution >= 0.6 is 11.8 Å². The summed E-state index contributed by atoms with van der Waals surface area (Å²) >= 11 is 1.64. The molecular weight excluding hydrogens is 396 g/mol. The molecular formula is C23H26N4O2S. The molecule has 0 saturated carbocycles. The second-order valence-electron chi connectivity index (χ2n) is 7.30. The van der Waals surface area contributed by atoms with Crippen molar-refractivity contribution in [1.29, 1.82) is 0 Å². The number of carbonyl (C=O) groups excluding carboxylic acids is 1. The molecule has 4 rings (SSSR count). The van der Waals surface area contributed by atoms with E-state index in [1.807, 2.05) is 36.4 Å². The molecule has 0 bridgehead atoms. The summed E-state index contributed by atoms with van der Waals surface area (Å²) in [5.41, 5.74) is 2.85. The topological polar surface area (TPSA) is 71.3 Å². The van der Waals surface area contributed by atoms with Crippen LogP contribution in [0.3, 0.4) is 0 Å². The van der Waals surface area contributed by atoms with Crippen molar-refractivity contribution in [3.8, 4) is 0 Å². The third-order valence-corrected chi connectivity index (χ3v) is 6.04. The van der Waals surface area contributed by atoms with Crippen molar-refractivity contribution < 1.29 is 9.21 Å². The Labute approximate surface area is 181 Å². The van der Waals surface area contributed by atoms with Crippen LogP contribution in [0.4, 0.5) is 5.82 Å². The molecule has 1 fully saturated rings. The van der Waals surface area contributed by atoms with E-state index in [1.54, 1.807) is 18.0 Å². The molecule has 0 unspecified atom stereocenters. The third-order valence-electron chi connectivity index (χ3n) is 5.12. The van der Waals surface area contributed by atoms with E-state index >= 15 is 0 Å². The van der Waals surface area contributed by atoms with Crippen molar-refractivity contribution in [3.63, 3.8) is 0 Å². The zero-order chi connectivity index (χ0) is 20.8. The summed E-state index contributed by atoms with van der Waals surface area (Å²) < 4.78 is 5.24. The van der Waals surface area contributed by atoms with Crippen LogP contribution in [0.25, 0.3) is 0 Å². The van der Waals surface area contributed by atoms with E-state index < -0.39 is 0 Å². The number of furan rings is 1. The normalized spacial score (nSPS) is 13.6. The number of rotatable bonds is 8. The standard InChI is InChI=1S/C23H26N4O2S/c1-2-19-14-21(27-11-3-4-12-27)26-23(25-19)30-16-17-7-9-18(10-8-17)22(28)24-15-20-6-5-13-29-20/h5-10,13-14H,2-4,11-12,15-16H2,1H3,(H,24,28). The lowest BCUT2D eigenvalue weighted by Gasteiger charge is -2.17. The quantitative estimate of drug-likeness (QED) is 0.427. The molecule has 6 nitrogen and oxygen atoms in total. The van der Waals surface area contributed by atoms with Gasteiger partial charge in [0.05, 0.1) is 12.8 Å². The van der Waals surface area contributed by atoms with Gasteiger partial charge in [0.25, 0.3) is 5.91 Å². The molecule has 0 spiro atoms. The third kappa shape index (κ3) is 5.21. The molecule has 1 amide bonds. The van der Waals surface area contributed by atoms with Gasteiger partial charge in [-0.3, -0.25) is 4.79 Å². The number of anilines is 1. The number of aromatic nitrogens is 2. The number of aryl methyl sites for hydroxylation is 1. The van der Waals surface area contributed by atoms with E-state index in [2.05, 4.69) is 28.2 Å². The number of thioether (sulfide) groups is 1. The first-order valence-electron chi connectivity index (χ1n) is 10.4. The van der Waals surface area contributed by atoms with E-state index in [9.17, 15) is 4.79 Å². The fourth-order valence-electron chi connectivity index (χ4n) is 3.40. The van der Waals surface area contributed by atoms with E-state index in [1.165, 1.54) is 12.8 Å². The van der Waals surface area contributed by atoms with Gasteiger partial charge in [0.15, 0.2) is 5.16 Å². The highest BCUT2D eigenvalue weighted by molar-refractivity contribution is 7.98. The van der Waals surface area contributed by atoms with Crippen molar-refractivity contribution in [2.75, 3.05) is 18.0 Å². The Bertz CT molecular complexity index is 967. The van der Waals surface area contributed by atoms with Crippen LogP contribution in [0.5, 0.6) is 0 Å². The van der Waals surface area contributed by atoms with Crippen LogP contribution in [0.2, 0.25) is 0 Å². The SMILES string of the molecule is CCc1cc(N2CCCC2)nc(SCc2ccc(C(=O)NCc3ccco3)cc2)n1. The lowest BCUT2D eigenvalue weighted by atomic mass is 10.1. The minimum atomic E-state index is -0.111. The summed E-state index contributed by atoms with van der Waals surface area (Å²) in [5, 5.41) is 3.68. The number of nitrogens with zero attached hydrogens (tertiary/aromatic N) is 3. The monoisotopic (exact) mass is 422 g/mol. The summed E-state index contributed by atoms with van der Waals surface area (Å²) in [6, 6.07) is 13.4. The van der Waals surface area contributed by atoms with Crippen LogP contribution in [0.1, 0.15) is 47.1 Å². The molecule has 3 aromatic rings. The highest BCUT2D eigenvalue weighted by Gasteiger charge is 2.16. The molecule has 3 heterocycles. The van der Waals surface area contributed by atoms with Gasteiger partial charge in [-0.2, -0.15) is 0 Å². The number of hydrogen-bond donors (Lipinski definition) is 1. The molecule has 1 saturated heterocycles. The summed E-state index contributed by atoms with van der Waals surface area (Å²) in [4.78, 5) is 24.1. The lowest BCUT2D eigenvalue weighted by molar-refractivity contribution is 0.0948. The van der Waals surface area contributed by atoms with Crippen LogP contribution in [0.15, 0.2) is 58.3 Å². The molecule has 0 aliphatic carbocycles. The summed E-state index contributed by atoms with van der Waals surface area (Å²) in [7, 11) is 0. The first kappa shape index (κ1) is 20.5. The van der Waals surface area contributed by atoms with Gasteiger partial charge < -0.3 is 14.6 Å². The first-order chi connectivity index (χ1) is 14.7. The highest BCUT2D eigenvalue weighted by atomic mass is 32.2. The van der Waals surface area contributed by atoms with Crippen molar-refractivity contribution in [1.82, 2.24) is 15.3 Å². The van der Waals surface area contributed by atoms with Gasteiger partial charge >= 0.3 is 0 Å². The van der Waals surface area contributed by atoms with Gasteiger partial charge in [-0.25, -0.2) is 9.97 Å². The Kier molecular flexibility index (Phi) is 6.69. The van der Waals surface area contributed by atoms with Crippen molar-refractivity contribution in [2.45, 2.75) is 43.6 Å². The molecule has 156 valence electrons. The summed E-state index contributed by atoms with van der Waals surface area (Å²) in [6.07, 6.45) is 4.96. The second-order valence-corrected chi connectivity index (χ2v) is 8.24. The first-order valence-corrected chi connectivity index (χ1v) is 11.3. The number of carbonyl (C=O) groups is 1. The van der Waals surface area contributed by atoms with Crippen molar-refractivity contribution in [3.05, 3.63) is 71.3 Å². The van der Waals surface area contributed by atoms with Crippen LogP contribution in [-0.2, 0) is 18.7 Å². The smallest absolute Gasteiger partial charge is 0.251 e. The predicted molar refractivity (Wildman–Crippen MR) is 119 cm³/mol. The van der Waals surface area contributed by atoms with E-state index in [0.29, 0.717) is 12.1 Å². The second kappa shape index (κ2) is 9.80. The number of hydrogen-bond acceptors (Lipinski definition) is 6. The Balaban J connectivity index is 1.35. The van der Waals surface area contributed by atoms with Gasteiger partial charge in [0.1, 0.15) is 11.6 Å². The Morgan fingerprint density at radius 3 is 2.67 bits per heavy atom. The van der Waals surface area contributed by atoms with Gasteiger partial charge in [-0.05, 0) is 49.1 Å². The zero-order valence-corrected chi connectivity index (χ0v) is 18.0. The fraction of sp³-hybridized carbons (Fsp3) is 0.348. The molecule has 2 aromatic heterocycles. The molecule has 1 aliphatic rings. The summed E-state index contributed by atoms with van der Waals surface area (Å²) in [6.45, 7) is 4.66. The fourth-order valence-corrected chi connectivity index (χ4v) is 4.22. The lowest BCUT2D eigenvalue weighted by Crippen LogP contribution is -2.22. The minimum Gasteiger partial charge on any atom is -0.467 e. The summed E-state index contributed by atoms with van der Waals surface area (Å²) in [5.74, 6) is 2.44. The Morgan fingerprint density at radius 2 is 1.97 bits per heavy atom. The van der Waals surface area contributed by atoms with Crippen molar-refractivity contribution in [2.24, 2.45) is 0 Å². The minimum absolute atomic E-state index is 0.111. The molecule has 0 atom stereocenters. The maximum absolute atomic E-state index is 12.3. The van der Waals surface area contributed by atoms with Crippen LogP contribution < -0.4 is 10.2 Å². The maximum Gasteiger partial charge on any atom is 0.251 e. The highest BCUT2D eigenvalue weighted by Crippen LogP contribution is 2.25. The van der Waals surface area contributed by atoms with Gasteiger partial charge in [0, 0.05) is 36.2 Å². The zero-order valence-electron chi connectivity index (χ0n) is 17.1. The number of benzene rings is 1. The van der Waals surface area contributed by atoms with E-state index in [-0.39, 0.29) is 5.91 Å². The van der Waals surface area contributed by atoms with Crippen molar-refractivity contribution >= 4 is 23.5 Å². The predicted octanol–water partition coefficient (Wildman–Crippen LogP) is 4.45. The average molecular weight is 423 g/mol. The molecule has 7 heteroatoms. The number of nitrogens with one attached hydrogen (secondary N) is 1. The molecule has 0 radical (unpaired) electrons.